The van der Waals surface area contributed by atoms with Crippen LogP contribution in [0, 0.1) is 5.92 Å². The van der Waals surface area contributed by atoms with Gasteiger partial charge in [0.15, 0.2) is 0 Å². The Morgan fingerprint density at radius 3 is 2.74 bits per heavy atom. The molecule has 0 bridgehead atoms. The molecule has 1 aromatic rings. The summed E-state index contributed by atoms with van der Waals surface area (Å²) in [5, 5.41) is 31.4. The zero-order chi connectivity index (χ0) is 17.2. The second-order valence-electron chi connectivity index (χ2n) is 5.98. The van der Waals surface area contributed by atoms with Gasteiger partial charge in [-0.3, -0.25) is 0 Å². The minimum absolute atomic E-state index is 0.192. The summed E-state index contributed by atoms with van der Waals surface area (Å²) in [6.07, 6.45) is 1.90. The van der Waals surface area contributed by atoms with E-state index in [1.165, 1.54) is 0 Å². The summed E-state index contributed by atoms with van der Waals surface area (Å²) < 4.78 is 0. The van der Waals surface area contributed by atoms with Gasteiger partial charge in [-0.05, 0) is 54.9 Å². The molecule has 6 nitrogen and oxygen atoms in total. The van der Waals surface area contributed by atoms with Gasteiger partial charge in [0.1, 0.15) is 5.54 Å². The van der Waals surface area contributed by atoms with Gasteiger partial charge in [-0.1, -0.05) is 24.1 Å². The number of carboxylic acids is 1. The van der Waals surface area contributed by atoms with Gasteiger partial charge in [-0.15, -0.1) is 0 Å². The van der Waals surface area contributed by atoms with Gasteiger partial charge in [-0.25, -0.2) is 4.79 Å². The van der Waals surface area contributed by atoms with Crippen molar-refractivity contribution < 1.29 is 19.9 Å². The number of halogens is 1. The average molecular weight is 341 g/mol. The maximum atomic E-state index is 12.1. The summed E-state index contributed by atoms with van der Waals surface area (Å²) in [5.74, 6) is -1.14. The van der Waals surface area contributed by atoms with Crippen LogP contribution in [0.5, 0.6) is 0 Å². The van der Waals surface area contributed by atoms with Crippen LogP contribution in [0.15, 0.2) is 12.1 Å². The highest BCUT2D eigenvalue weighted by molar-refractivity contribution is 6.40. The summed E-state index contributed by atoms with van der Waals surface area (Å²) in [6.45, 7) is 0.243. The Morgan fingerprint density at radius 2 is 2.22 bits per heavy atom. The molecule has 0 aliphatic heterocycles. The van der Waals surface area contributed by atoms with Gasteiger partial charge < -0.3 is 26.2 Å². The van der Waals surface area contributed by atoms with Crippen molar-refractivity contribution in [1.29, 1.82) is 0 Å². The first-order valence-electron chi connectivity index (χ1n) is 7.67. The van der Waals surface area contributed by atoms with Gasteiger partial charge in [-0.2, -0.15) is 0 Å². The van der Waals surface area contributed by atoms with Crippen LogP contribution in [0.3, 0.4) is 0 Å². The van der Waals surface area contributed by atoms with Gasteiger partial charge in [0.2, 0.25) is 0 Å². The largest absolute Gasteiger partial charge is 0.480 e. The molecule has 0 heterocycles. The zero-order valence-corrected chi connectivity index (χ0v) is 13.8. The van der Waals surface area contributed by atoms with Crippen LogP contribution in [0.1, 0.15) is 29.5 Å². The highest BCUT2D eigenvalue weighted by atomic mass is 35.5. The Labute approximate surface area is 140 Å². The van der Waals surface area contributed by atoms with Gasteiger partial charge in [0.05, 0.1) is 0 Å². The monoisotopic (exact) mass is 340 g/mol. The Morgan fingerprint density at radius 1 is 1.52 bits per heavy atom. The Balaban J connectivity index is 2.41. The highest BCUT2D eigenvalue weighted by Gasteiger charge is 2.51. The quantitative estimate of drug-likeness (QED) is 0.467. The number of benzene rings is 1. The third-order valence-corrected chi connectivity index (χ3v) is 5.09. The fourth-order valence-corrected chi connectivity index (χ4v) is 3.85. The number of hydrogen-bond donors (Lipinski definition) is 5. The van der Waals surface area contributed by atoms with Crippen LogP contribution < -0.4 is 11.1 Å². The van der Waals surface area contributed by atoms with Crippen molar-refractivity contribution in [3.8, 4) is 0 Å². The summed E-state index contributed by atoms with van der Waals surface area (Å²) in [7, 11) is 0.263. The fraction of sp³-hybridized carbons (Fsp3) is 0.533. The molecule has 0 unspecified atom stereocenters. The standard InChI is InChI=1S/C15H22BClN2O4/c1-19-15(14(20)21)11(3-2-4-16(22)23)5-9-7-13(17)10(8-18)6-12(9)15/h6-7,11,19,22-23H,2-5,8,18H2,1H3,(H,20,21)/t11-,15+/m0/s1. The molecule has 0 saturated carbocycles. The van der Waals surface area contributed by atoms with E-state index in [0.717, 1.165) is 11.1 Å². The second-order valence-corrected chi connectivity index (χ2v) is 6.39. The fourth-order valence-electron chi connectivity index (χ4n) is 3.59. The van der Waals surface area contributed by atoms with E-state index in [1.807, 2.05) is 0 Å². The number of carboxylic acid groups (broad SMARTS) is 1. The van der Waals surface area contributed by atoms with Crippen LogP contribution in [0.2, 0.25) is 11.3 Å². The van der Waals surface area contributed by atoms with E-state index in [2.05, 4.69) is 5.32 Å². The molecule has 0 aromatic heterocycles. The van der Waals surface area contributed by atoms with E-state index in [-0.39, 0.29) is 18.8 Å². The molecule has 23 heavy (non-hydrogen) atoms. The topological polar surface area (TPSA) is 116 Å². The zero-order valence-electron chi connectivity index (χ0n) is 13.1. The van der Waals surface area contributed by atoms with Crippen LogP contribution >= 0.6 is 11.6 Å². The molecule has 8 heteroatoms. The lowest BCUT2D eigenvalue weighted by Crippen LogP contribution is -2.51. The molecular formula is C15H22BClN2O4. The predicted octanol–water partition coefficient (Wildman–Crippen LogP) is 0.723. The third-order valence-electron chi connectivity index (χ3n) is 4.74. The van der Waals surface area contributed by atoms with Crippen molar-refractivity contribution in [3.05, 3.63) is 33.8 Å². The Bertz CT molecular complexity index is 599. The van der Waals surface area contributed by atoms with E-state index in [9.17, 15) is 9.90 Å². The number of hydrogen-bond acceptors (Lipinski definition) is 5. The highest BCUT2D eigenvalue weighted by Crippen LogP contribution is 2.45. The first-order chi connectivity index (χ1) is 10.9. The summed E-state index contributed by atoms with van der Waals surface area (Å²) in [4.78, 5) is 12.1. The van der Waals surface area contributed by atoms with E-state index in [0.29, 0.717) is 29.8 Å². The third kappa shape index (κ3) is 3.25. The first-order valence-corrected chi connectivity index (χ1v) is 8.04. The van der Waals surface area contributed by atoms with Crippen molar-refractivity contribution in [1.82, 2.24) is 5.32 Å². The molecule has 1 aromatic carbocycles. The maximum absolute atomic E-state index is 12.1. The molecule has 0 fully saturated rings. The minimum atomic E-state index is -1.37. The summed E-state index contributed by atoms with van der Waals surface area (Å²) in [5.41, 5.74) is 6.81. The normalized spacial score (nSPS) is 22.9. The van der Waals surface area contributed by atoms with Crippen LogP contribution in [0.4, 0.5) is 0 Å². The summed E-state index contributed by atoms with van der Waals surface area (Å²) >= 11 is 6.20. The molecule has 6 N–H and O–H groups in total. The van der Waals surface area contributed by atoms with Crippen molar-refractivity contribution in [2.24, 2.45) is 11.7 Å². The molecule has 0 spiro atoms. The second kappa shape index (κ2) is 7.19. The first kappa shape index (κ1) is 18.2. The number of rotatable bonds is 7. The SMILES string of the molecule is CN[C@@]1(C(=O)O)c2cc(CN)c(Cl)cc2C[C@@H]1CCCB(O)O. The molecule has 1 aliphatic carbocycles. The number of carbonyl (C=O) groups is 1. The molecular weight excluding hydrogens is 318 g/mol. The molecule has 0 amide bonds. The number of likely N-dealkylation sites (N-methyl/N-ethyl adjacent to an activating group) is 1. The summed E-state index contributed by atoms with van der Waals surface area (Å²) in [6, 6.07) is 3.58. The lowest BCUT2D eigenvalue weighted by atomic mass is 9.77. The number of aliphatic carboxylic acids is 1. The molecule has 0 saturated heterocycles. The van der Waals surface area contributed by atoms with E-state index in [4.69, 9.17) is 27.4 Å². The van der Waals surface area contributed by atoms with Gasteiger partial charge in [0, 0.05) is 11.6 Å². The van der Waals surface area contributed by atoms with E-state index in [1.54, 1.807) is 19.2 Å². The Kier molecular flexibility index (Phi) is 5.70. The lowest BCUT2D eigenvalue weighted by molar-refractivity contribution is -0.147. The van der Waals surface area contributed by atoms with Crippen molar-refractivity contribution in [3.63, 3.8) is 0 Å². The van der Waals surface area contributed by atoms with Crippen molar-refractivity contribution >= 4 is 24.7 Å². The predicted molar refractivity (Wildman–Crippen MR) is 89.1 cm³/mol. The lowest BCUT2D eigenvalue weighted by Gasteiger charge is -2.32. The van der Waals surface area contributed by atoms with Crippen LogP contribution in [-0.2, 0) is 23.3 Å². The molecule has 2 atom stereocenters. The number of nitrogens with one attached hydrogen (secondary N) is 1. The Hall–Kier alpha value is -1.12. The van der Waals surface area contributed by atoms with Crippen LogP contribution in [-0.4, -0.2) is 35.3 Å². The number of fused-ring (bicyclic) bond motifs is 1. The molecule has 0 radical (unpaired) electrons. The van der Waals surface area contributed by atoms with Gasteiger partial charge in [0.25, 0.3) is 0 Å². The molecule has 2 rings (SSSR count). The van der Waals surface area contributed by atoms with Crippen molar-refractivity contribution in [2.75, 3.05) is 7.05 Å². The molecule has 126 valence electrons. The average Bonchev–Trinajstić information content (AvgIpc) is 2.79. The van der Waals surface area contributed by atoms with Gasteiger partial charge >= 0.3 is 13.1 Å². The minimum Gasteiger partial charge on any atom is -0.480 e. The maximum Gasteiger partial charge on any atom is 0.451 e. The smallest absolute Gasteiger partial charge is 0.451 e. The molecule has 1 aliphatic rings. The number of nitrogens with two attached hydrogens (primary N) is 1. The van der Waals surface area contributed by atoms with Crippen molar-refractivity contribution in [2.45, 2.75) is 37.7 Å². The van der Waals surface area contributed by atoms with E-state index >= 15 is 0 Å². The van der Waals surface area contributed by atoms with Crippen LogP contribution in [0.25, 0.3) is 0 Å². The van der Waals surface area contributed by atoms with E-state index < -0.39 is 18.6 Å².